The SMILES string of the molecule is CC(C)c1ccc(CN)c(I)c1.CC(C)c1ccc(I)c(C=O)c1. The third-order valence-electron chi connectivity index (χ3n) is 3.78. The van der Waals surface area contributed by atoms with Crippen LogP contribution in [0.5, 0.6) is 0 Å². The van der Waals surface area contributed by atoms with Crippen molar-refractivity contribution in [1.82, 2.24) is 0 Å². The largest absolute Gasteiger partial charge is 0.326 e. The van der Waals surface area contributed by atoms with E-state index in [4.69, 9.17) is 5.73 Å². The molecule has 0 aliphatic carbocycles. The van der Waals surface area contributed by atoms with Crippen molar-refractivity contribution in [3.63, 3.8) is 0 Å². The van der Waals surface area contributed by atoms with E-state index in [1.807, 2.05) is 12.1 Å². The maximum atomic E-state index is 10.6. The summed E-state index contributed by atoms with van der Waals surface area (Å²) < 4.78 is 2.30. The lowest BCUT2D eigenvalue weighted by Crippen LogP contribution is -2.00. The molecule has 0 fully saturated rings. The number of benzene rings is 2. The van der Waals surface area contributed by atoms with Crippen molar-refractivity contribution in [3.8, 4) is 0 Å². The zero-order valence-electron chi connectivity index (χ0n) is 14.6. The monoisotopic (exact) mass is 549 g/mol. The van der Waals surface area contributed by atoms with Gasteiger partial charge in [0, 0.05) is 19.2 Å². The molecule has 0 heterocycles. The van der Waals surface area contributed by atoms with Gasteiger partial charge in [0.25, 0.3) is 0 Å². The van der Waals surface area contributed by atoms with Gasteiger partial charge in [0.15, 0.2) is 6.29 Å². The van der Waals surface area contributed by atoms with Gasteiger partial charge in [0.05, 0.1) is 0 Å². The summed E-state index contributed by atoms with van der Waals surface area (Å²) in [4.78, 5) is 10.6. The Hall–Kier alpha value is -0.470. The molecule has 0 bridgehead atoms. The summed E-state index contributed by atoms with van der Waals surface area (Å²) in [5.41, 5.74) is 10.2. The smallest absolute Gasteiger partial charge is 0.151 e. The minimum Gasteiger partial charge on any atom is -0.326 e. The van der Waals surface area contributed by atoms with Crippen LogP contribution < -0.4 is 5.73 Å². The van der Waals surface area contributed by atoms with Crippen LogP contribution in [0.2, 0.25) is 0 Å². The van der Waals surface area contributed by atoms with Gasteiger partial charge >= 0.3 is 0 Å². The van der Waals surface area contributed by atoms with Crippen LogP contribution >= 0.6 is 45.2 Å². The molecule has 24 heavy (non-hydrogen) atoms. The average Bonchev–Trinajstić information content (AvgIpc) is 2.55. The highest BCUT2D eigenvalue weighted by atomic mass is 127. The van der Waals surface area contributed by atoms with E-state index >= 15 is 0 Å². The summed E-state index contributed by atoms with van der Waals surface area (Å²) in [6.07, 6.45) is 0.910. The molecule has 0 spiro atoms. The summed E-state index contributed by atoms with van der Waals surface area (Å²) in [5, 5.41) is 0. The molecule has 0 saturated carbocycles. The molecule has 0 radical (unpaired) electrons. The van der Waals surface area contributed by atoms with Gasteiger partial charge in [-0.05, 0) is 91.9 Å². The van der Waals surface area contributed by atoms with E-state index in [1.165, 1.54) is 20.3 Å². The lowest BCUT2D eigenvalue weighted by atomic mass is 10.0. The summed E-state index contributed by atoms with van der Waals surface area (Å²) in [5.74, 6) is 1.09. The van der Waals surface area contributed by atoms with Crippen LogP contribution in [0.3, 0.4) is 0 Å². The van der Waals surface area contributed by atoms with Gasteiger partial charge in [-0.15, -0.1) is 0 Å². The van der Waals surface area contributed by atoms with Crippen molar-refractivity contribution in [2.24, 2.45) is 5.73 Å². The Morgan fingerprint density at radius 1 is 0.917 bits per heavy atom. The summed E-state index contributed by atoms with van der Waals surface area (Å²) >= 11 is 4.51. The molecular weight excluding hydrogens is 524 g/mol. The molecule has 130 valence electrons. The van der Waals surface area contributed by atoms with Crippen molar-refractivity contribution >= 4 is 51.5 Å². The second kappa shape index (κ2) is 10.5. The van der Waals surface area contributed by atoms with E-state index in [0.29, 0.717) is 18.4 Å². The molecule has 4 heteroatoms. The number of carbonyl (C=O) groups excluding carboxylic acids is 1. The number of rotatable bonds is 4. The van der Waals surface area contributed by atoms with Crippen LogP contribution in [0.25, 0.3) is 0 Å². The van der Waals surface area contributed by atoms with Crippen molar-refractivity contribution in [2.45, 2.75) is 46.1 Å². The second-order valence-electron chi connectivity index (χ2n) is 6.26. The Bertz CT molecular complexity index is 681. The zero-order valence-corrected chi connectivity index (χ0v) is 19.0. The van der Waals surface area contributed by atoms with Crippen LogP contribution in [0, 0.1) is 7.14 Å². The first kappa shape index (κ1) is 21.6. The molecule has 0 aromatic heterocycles. The molecule has 2 N–H and O–H groups in total. The van der Waals surface area contributed by atoms with E-state index in [-0.39, 0.29) is 0 Å². The Morgan fingerprint density at radius 2 is 1.46 bits per heavy atom. The minimum absolute atomic E-state index is 0.487. The lowest BCUT2D eigenvalue weighted by molar-refractivity contribution is 0.112. The number of hydrogen-bond acceptors (Lipinski definition) is 2. The topological polar surface area (TPSA) is 43.1 Å². The van der Waals surface area contributed by atoms with Crippen LogP contribution in [-0.4, -0.2) is 6.29 Å². The molecule has 0 amide bonds. The maximum absolute atomic E-state index is 10.6. The van der Waals surface area contributed by atoms with Gasteiger partial charge in [0.1, 0.15) is 0 Å². The summed E-state index contributed by atoms with van der Waals surface area (Å²) in [6.45, 7) is 9.28. The normalized spacial score (nSPS) is 10.5. The Kier molecular flexibility index (Phi) is 9.44. The van der Waals surface area contributed by atoms with Crippen molar-refractivity contribution in [1.29, 1.82) is 0 Å². The number of hydrogen-bond donors (Lipinski definition) is 1. The van der Waals surface area contributed by atoms with Gasteiger partial charge in [-0.2, -0.15) is 0 Å². The standard InChI is InChI=1S/C10H14IN.C10H11IO/c1-7(2)8-3-4-9(6-12)10(11)5-8;1-7(2)8-3-4-10(11)9(5-8)6-12/h3-5,7H,6,12H2,1-2H3;3-7H,1-2H3. The predicted octanol–water partition coefficient (Wildman–Crippen LogP) is 6.10. The highest BCUT2D eigenvalue weighted by Crippen LogP contribution is 2.20. The number of aldehydes is 1. The average molecular weight is 549 g/mol. The van der Waals surface area contributed by atoms with Crippen LogP contribution in [-0.2, 0) is 6.54 Å². The molecule has 2 rings (SSSR count). The number of halogens is 2. The van der Waals surface area contributed by atoms with Gasteiger partial charge in [-0.25, -0.2) is 0 Å². The van der Waals surface area contributed by atoms with E-state index in [1.54, 1.807) is 0 Å². The first-order valence-electron chi connectivity index (χ1n) is 8.03. The summed E-state index contributed by atoms with van der Waals surface area (Å²) in [7, 11) is 0. The highest BCUT2D eigenvalue weighted by molar-refractivity contribution is 14.1. The lowest BCUT2D eigenvalue weighted by Gasteiger charge is -2.08. The highest BCUT2D eigenvalue weighted by Gasteiger charge is 2.03. The molecule has 2 aromatic carbocycles. The number of nitrogens with two attached hydrogens (primary N) is 1. The van der Waals surface area contributed by atoms with E-state index < -0.39 is 0 Å². The first-order chi connectivity index (χ1) is 11.3. The summed E-state index contributed by atoms with van der Waals surface area (Å²) in [6, 6.07) is 12.5. The quantitative estimate of drug-likeness (QED) is 0.370. The first-order valence-corrected chi connectivity index (χ1v) is 10.2. The third-order valence-corrected chi connectivity index (χ3v) is 5.76. The fourth-order valence-electron chi connectivity index (χ4n) is 2.10. The van der Waals surface area contributed by atoms with Crippen LogP contribution in [0.1, 0.15) is 66.6 Å². The Balaban J connectivity index is 0.000000240. The maximum Gasteiger partial charge on any atom is 0.151 e. The second-order valence-corrected chi connectivity index (χ2v) is 8.59. The minimum atomic E-state index is 0.487. The number of carbonyl (C=O) groups is 1. The van der Waals surface area contributed by atoms with Crippen molar-refractivity contribution in [3.05, 3.63) is 65.8 Å². The van der Waals surface area contributed by atoms with Gasteiger partial charge in [-0.1, -0.05) is 45.9 Å². The van der Waals surface area contributed by atoms with Crippen LogP contribution in [0.4, 0.5) is 0 Å². The molecular formula is C20H25I2NO. The Labute approximate surface area is 172 Å². The van der Waals surface area contributed by atoms with Gasteiger partial charge in [-0.3, -0.25) is 4.79 Å². The molecule has 0 aliphatic heterocycles. The van der Waals surface area contributed by atoms with Gasteiger partial charge < -0.3 is 5.73 Å². The van der Waals surface area contributed by atoms with Crippen molar-refractivity contribution < 1.29 is 4.79 Å². The fraction of sp³-hybridized carbons (Fsp3) is 0.350. The van der Waals surface area contributed by atoms with E-state index in [9.17, 15) is 4.79 Å². The van der Waals surface area contributed by atoms with Crippen molar-refractivity contribution in [2.75, 3.05) is 0 Å². The van der Waals surface area contributed by atoms with Crippen LogP contribution in [0.15, 0.2) is 36.4 Å². The zero-order chi connectivity index (χ0) is 18.3. The van der Waals surface area contributed by atoms with E-state index in [0.717, 1.165) is 15.4 Å². The third kappa shape index (κ3) is 6.44. The fourth-order valence-corrected chi connectivity index (χ4v) is 3.32. The molecule has 2 aromatic rings. The van der Waals surface area contributed by atoms with Gasteiger partial charge in [0.2, 0.25) is 0 Å². The molecule has 2 nitrogen and oxygen atoms in total. The molecule has 0 saturated heterocycles. The predicted molar refractivity (Wildman–Crippen MR) is 120 cm³/mol. The molecule has 0 atom stereocenters. The molecule has 0 aliphatic rings. The molecule has 0 unspecified atom stereocenters. The van der Waals surface area contributed by atoms with E-state index in [2.05, 4.69) is 97.1 Å². The Morgan fingerprint density at radius 3 is 1.92 bits per heavy atom.